The van der Waals surface area contributed by atoms with Crippen molar-refractivity contribution in [2.45, 2.75) is 12.2 Å². The Labute approximate surface area is 90.7 Å². The van der Waals surface area contributed by atoms with Gasteiger partial charge in [0.25, 0.3) is 0 Å². The molecule has 72 valence electrons. The molecule has 4 N–H and O–H groups in total. The van der Waals surface area contributed by atoms with Crippen molar-refractivity contribution in [3.05, 3.63) is 33.4 Å². The van der Waals surface area contributed by atoms with E-state index < -0.39 is 12.2 Å². The minimum absolute atomic E-state index is 0.0621. The molecule has 2 atom stereocenters. The molecule has 0 amide bonds. The smallest absolute Gasteiger partial charge is 0.106 e. The van der Waals surface area contributed by atoms with E-state index in [4.69, 9.17) is 5.73 Å². The Morgan fingerprint density at radius 2 is 2.08 bits per heavy atom. The Hall–Kier alpha value is -0.170. The van der Waals surface area contributed by atoms with Gasteiger partial charge in [-0.05, 0) is 40.3 Å². The third-order valence-corrected chi connectivity index (χ3v) is 2.47. The number of nitrogens with two attached hydrogens (primary N) is 1. The highest BCUT2D eigenvalue weighted by Crippen LogP contribution is 2.18. The molecule has 0 bridgehead atoms. The maximum Gasteiger partial charge on any atom is 0.106 e. The highest BCUT2D eigenvalue weighted by Gasteiger charge is 2.16. The van der Waals surface area contributed by atoms with Crippen LogP contribution in [0.15, 0.2) is 24.3 Å². The molecule has 1 rings (SSSR count). The van der Waals surface area contributed by atoms with Crippen LogP contribution in [0.2, 0.25) is 0 Å². The molecule has 1 aromatic carbocycles. The molecule has 2 unspecified atom stereocenters. The molecular weight excluding hydrogens is 281 g/mol. The van der Waals surface area contributed by atoms with Gasteiger partial charge < -0.3 is 15.9 Å². The summed E-state index contributed by atoms with van der Waals surface area (Å²) in [5, 5.41) is 18.9. The molecule has 0 aliphatic carbocycles. The molecule has 0 spiro atoms. The Kier molecular flexibility index (Phi) is 4.11. The summed E-state index contributed by atoms with van der Waals surface area (Å²) >= 11 is 2.15. The van der Waals surface area contributed by atoms with Crippen LogP contribution >= 0.6 is 22.6 Å². The van der Waals surface area contributed by atoms with Crippen molar-refractivity contribution in [1.82, 2.24) is 0 Å². The summed E-state index contributed by atoms with van der Waals surface area (Å²) in [7, 11) is 0. The summed E-state index contributed by atoms with van der Waals surface area (Å²) in [6.45, 7) is 0.0621. The third kappa shape index (κ3) is 2.91. The van der Waals surface area contributed by atoms with Gasteiger partial charge in [0.05, 0.1) is 6.10 Å². The topological polar surface area (TPSA) is 66.5 Å². The SMILES string of the molecule is NCC(O)C(O)c1cccc(I)c1. The van der Waals surface area contributed by atoms with E-state index in [1.165, 1.54) is 0 Å². The standard InChI is InChI=1S/C9H12INO2/c10-7-3-1-2-6(4-7)9(13)8(12)5-11/h1-4,8-9,12-13H,5,11H2. The van der Waals surface area contributed by atoms with Gasteiger partial charge in [0.1, 0.15) is 6.10 Å². The summed E-state index contributed by atoms with van der Waals surface area (Å²) in [4.78, 5) is 0. The van der Waals surface area contributed by atoms with E-state index in [2.05, 4.69) is 22.6 Å². The zero-order valence-electron chi connectivity index (χ0n) is 7.02. The van der Waals surface area contributed by atoms with Crippen LogP contribution in [0.1, 0.15) is 11.7 Å². The molecule has 13 heavy (non-hydrogen) atoms. The minimum Gasteiger partial charge on any atom is -0.389 e. The number of aliphatic hydroxyl groups excluding tert-OH is 2. The number of benzene rings is 1. The van der Waals surface area contributed by atoms with Gasteiger partial charge in [0, 0.05) is 10.1 Å². The number of rotatable bonds is 3. The van der Waals surface area contributed by atoms with Crippen LogP contribution in [0.25, 0.3) is 0 Å². The van der Waals surface area contributed by atoms with E-state index in [1.54, 1.807) is 6.07 Å². The molecule has 0 saturated heterocycles. The average molecular weight is 293 g/mol. The molecule has 0 saturated carbocycles. The van der Waals surface area contributed by atoms with Crippen LogP contribution in [0.4, 0.5) is 0 Å². The zero-order chi connectivity index (χ0) is 9.84. The molecular formula is C9H12INO2. The highest BCUT2D eigenvalue weighted by atomic mass is 127. The monoisotopic (exact) mass is 293 g/mol. The second kappa shape index (κ2) is 4.90. The van der Waals surface area contributed by atoms with Gasteiger partial charge in [-0.15, -0.1) is 0 Å². The van der Waals surface area contributed by atoms with Gasteiger partial charge in [-0.1, -0.05) is 12.1 Å². The number of hydrogen-bond acceptors (Lipinski definition) is 3. The molecule has 0 aliphatic heterocycles. The maximum atomic E-state index is 9.58. The largest absolute Gasteiger partial charge is 0.389 e. The molecule has 4 heteroatoms. The van der Waals surface area contributed by atoms with Gasteiger partial charge in [0.15, 0.2) is 0 Å². The van der Waals surface area contributed by atoms with Crippen molar-refractivity contribution >= 4 is 22.6 Å². The zero-order valence-corrected chi connectivity index (χ0v) is 9.18. The van der Waals surface area contributed by atoms with E-state index in [-0.39, 0.29) is 6.54 Å². The Morgan fingerprint density at radius 3 is 2.62 bits per heavy atom. The first-order chi connectivity index (χ1) is 6.15. The van der Waals surface area contributed by atoms with Crippen molar-refractivity contribution < 1.29 is 10.2 Å². The predicted octanol–water partition coefficient (Wildman–Crippen LogP) is 0.644. The summed E-state index contributed by atoms with van der Waals surface area (Å²) in [5.41, 5.74) is 5.94. The molecule has 1 aromatic rings. The first kappa shape index (κ1) is 10.9. The van der Waals surface area contributed by atoms with Crippen molar-refractivity contribution in [3.63, 3.8) is 0 Å². The van der Waals surface area contributed by atoms with Crippen molar-refractivity contribution in [1.29, 1.82) is 0 Å². The van der Waals surface area contributed by atoms with E-state index in [1.807, 2.05) is 18.2 Å². The Balaban J connectivity index is 2.82. The first-order valence-corrected chi connectivity index (χ1v) is 5.04. The van der Waals surface area contributed by atoms with Crippen LogP contribution in [-0.4, -0.2) is 22.9 Å². The molecule has 3 nitrogen and oxygen atoms in total. The molecule has 0 heterocycles. The summed E-state index contributed by atoms with van der Waals surface area (Å²) in [6, 6.07) is 7.35. The molecule has 0 fully saturated rings. The minimum atomic E-state index is -0.891. The lowest BCUT2D eigenvalue weighted by Gasteiger charge is -2.16. The average Bonchev–Trinajstić information content (AvgIpc) is 2.15. The summed E-state index contributed by atoms with van der Waals surface area (Å²) in [6.07, 6.45) is -1.78. The number of aliphatic hydroxyl groups is 2. The fraction of sp³-hybridized carbons (Fsp3) is 0.333. The van der Waals surface area contributed by atoms with E-state index in [9.17, 15) is 10.2 Å². The van der Waals surface area contributed by atoms with Gasteiger partial charge in [-0.3, -0.25) is 0 Å². The Bertz CT molecular complexity index is 280. The van der Waals surface area contributed by atoms with Crippen LogP contribution < -0.4 is 5.73 Å². The van der Waals surface area contributed by atoms with E-state index in [0.29, 0.717) is 5.56 Å². The van der Waals surface area contributed by atoms with Gasteiger partial charge >= 0.3 is 0 Å². The third-order valence-electron chi connectivity index (χ3n) is 1.80. The fourth-order valence-corrected chi connectivity index (χ4v) is 1.61. The summed E-state index contributed by atoms with van der Waals surface area (Å²) < 4.78 is 1.03. The van der Waals surface area contributed by atoms with Crippen molar-refractivity contribution in [2.75, 3.05) is 6.54 Å². The van der Waals surface area contributed by atoms with Crippen LogP contribution in [0.3, 0.4) is 0 Å². The Morgan fingerprint density at radius 1 is 1.38 bits per heavy atom. The quantitative estimate of drug-likeness (QED) is 0.717. The molecule has 0 aliphatic rings. The predicted molar refractivity (Wildman–Crippen MR) is 59.2 cm³/mol. The number of hydrogen-bond donors (Lipinski definition) is 3. The lowest BCUT2D eigenvalue weighted by atomic mass is 10.1. The second-order valence-corrected chi connectivity index (χ2v) is 4.05. The van der Waals surface area contributed by atoms with Crippen molar-refractivity contribution in [2.24, 2.45) is 5.73 Å². The van der Waals surface area contributed by atoms with Crippen LogP contribution in [-0.2, 0) is 0 Å². The molecule has 0 radical (unpaired) electrons. The highest BCUT2D eigenvalue weighted by molar-refractivity contribution is 14.1. The van der Waals surface area contributed by atoms with E-state index in [0.717, 1.165) is 3.57 Å². The lowest BCUT2D eigenvalue weighted by Crippen LogP contribution is -2.27. The maximum absolute atomic E-state index is 9.58. The van der Waals surface area contributed by atoms with Crippen LogP contribution in [0, 0.1) is 3.57 Å². The van der Waals surface area contributed by atoms with Gasteiger partial charge in [0.2, 0.25) is 0 Å². The van der Waals surface area contributed by atoms with Gasteiger partial charge in [-0.25, -0.2) is 0 Å². The summed E-state index contributed by atoms with van der Waals surface area (Å²) in [5.74, 6) is 0. The first-order valence-electron chi connectivity index (χ1n) is 3.97. The lowest BCUT2D eigenvalue weighted by molar-refractivity contribution is 0.0243. The number of halogens is 1. The van der Waals surface area contributed by atoms with Crippen molar-refractivity contribution in [3.8, 4) is 0 Å². The van der Waals surface area contributed by atoms with E-state index >= 15 is 0 Å². The van der Waals surface area contributed by atoms with Gasteiger partial charge in [-0.2, -0.15) is 0 Å². The van der Waals surface area contributed by atoms with Crippen LogP contribution in [0.5, 0.6) is 0 Å². The second-order valence-electron chi connectivity index (χ2n) is 2.80. The normalized spacial score (nSPS) is 15.4. The molecule has 0 aromatic heterocycles. The fourth-order valence-electron chi connectivity index (χ4n) is 1.04.